The molecule has 1 amide bonds. The number of hydrogen-bond acceptors (Lipinski definition) is 2. The van der Waals surface area contributed by atoms with Gasteiger partial charge in [0.05, 0.1) is 12.6 Å². The van der Waals surface area contributed by atoms with Crippen molar-refractivity contribution in [2.24, 2.45) is 0 Å². The van der Waals surface area contributed by atoms with Gasteiger partial charge in [0.15, 0.2) is 0 Å². The fraction of sp³-hybridized carbons (Fsp3) is 0.167. The molecular formula is C18H17BrN2O2. The van der Waals surface area contributed by atoms with E-state index in [-0.39, 0.29) is 19.1 Å². The lowest BCUT2D eigenvalue weighted by Gasteiger charge is -2.17. The number of fused-ring (bicyclic) bond motifs is 1. The van der Waals surface area contributed by atoms with E-state index in [2.05, 4.69) is 21.2 Å². The van der Waals surface area contributed by atoms with Crippen molar-refractivity contribution in [3.8, 4) is 0 Å². The zero-order chi connectivity index (χ0) is 16.2. The number of aliphatic hydroxyl groups excluding tert-OH is 1. The summed E-state index contributed by atoms with van der Waals surface area (Å²) >= 11 is 3.38. The Balaban J connectivity index is 1.71. The summed E-state index contributed by atoms with van der Waals surface area (Å²) in [6, 6.07) is 17.1. The van der Waals surface area contributed by atoms with E-state index >= 15 is 0 Å². The number of aliphatic hydroxyl groups is 1. The average Bonchev–Trinajstić information content (AvgIpc) is 2.97. The SMILES string of the molecule is O=C(Cn1ccc2ccccc21)NC(CO)c1ccc(Br)cc1. The molecule has 2 aromatic carbocycles. The normalized spacial score (nSPS) is 12.3. The number of nitrogens with zero attached hydrogens (tertiary/aromatic N) is 1. The van der Waals surface area contributed by atoms with E-state index < -0.39 is 6.04 Å². The smallest absolute Gasteiger partial charge is 0.240 e. The number of carbonyl (C=O) groups excluding carboxylic acids is 1. The molecule has 0 spiro atoms. The van der Waals surface area contributed by atoms with Gasteiger partial charge in [0.1, 0.15) is 6.54 Å². The van der Waals surface area contributed by atoms with Gasteiger partial charge in [0.2, 0.25) is 5.91 Å². The average molecular weight is 373 g/mol. The molecule has 4 nitrogen and oxygen atoms in total. The first-order valence-corrected chi connectivity index (χ1v) is 8.16. The third kappa shape index (κ3) is 3.63. The molecule has 2 N–H and O–H groups in total. The first-order valence-electron chi connectivity index (χ1n) is 7.37. The van der Waals surface area contributed by atoms with Crippen LogP contribution in [0.5, 0.6) is 0 Å². The molecule has 3 aromatic rings. The molecule has 0 bridgehead atoms. The molecule has 3 rings (SSSR count). The van der Waals surface area contributed by atoms with Crippen LogP contribution in [0.4, 0.5) is 0 Å². The number of carbonyl (C=O) groups is 1. The Morgan fingerprint density at radius 1 is 1.13 bits per heavy atom. The summed E-state index contributed by atoms with van der Waals surface area (Å²) in [5.74, 6) is -0.131. The molecule has 1 unspecified atom stereocenters. The minimum Gasteiger partial charge on any atom is -0.394 e. The van der Waals surface area contributed by atoms with Gasteiger partial charge < -0.3 is 15.0 Å². The van der Waals surface area contributed by atoms with E-state index in [0.29, 0.717) is 0 Å². The molecule has 0 saturated heterocycles. The fourth-order valence-corrected chi connectivity index (χ4v) is 2.87. The Kier molecular flexibility index (Phi) is 4.79. The van der Waals surface area contributed by atoms with Gasteiger partial charge in [-0.25, -0.2) is 0 Å². The molecule has 118 valence electrons. The van der Waals surface area contributed by atoms with Gasteiger partial charge in [0, 0.05) is 16.2 Å². The van der Waals surface area contributed by atoms with Crippen molar-refractivity contribution >= 4 is 32.7 Å². The van der Waals surface area contributed by atoms with Crippen molar-refractivity contribution in [3.63, 3.8) is 0 Å². The highest BCUT2D eigenvalue weighted by atomic mass is 79.9. The van der Waals surface area contributed by atoms with Crippen molar-refractivity contribution in [1.29, 1.82) is 0 Å². The largest absolute Gasteiger partial charge is 0.394 e. The molecule has 0 saturated carbocycles. The Hall–Kier alpha value is -2.11. The first kappa shape index (κ1) is 15.8. The third-order valence-corrected chi connectivity index (χ3v) is 4.31. The molecular weight excluding hydrogens is 356 g/mol. The van der Waals surface area contributed by atoms with Gasteiger partial charge in [-0.05, 0) is 35.2 Å². The maximum atomic E-state index is 12.3. The van der Waals surface area contributed by atoms with Crippen molar-refractivity contribution in [1.82, 2.24) is 9.88 Å². The van der Waals surface area contributed by atoms with Crippen LogP contribution in [-0.4, -0.2) is 22.2 Å². The summed E-state index contributed by atoms with van der Waals surface area (Å²) in [5.41, 5.74) is 1.90. The molecule has 23 heavy (non-hydrogen) atoms. The van der Waals surface area contributed by atoms with Crippen molar-refractivity contribution in [2.75, 3.05) is 6.61 Å². The summed E-state index contributed by atoms with van der Waals surface area (Å²) < 4.78 is 2.86. The summed E-state index contributed by atoms with van der Waals surface area (Å²) in [7, 11) is 0. The number of rotatable bonds is 5. The zero-order valence-electron chi connectivity index (χ0n) is 12.4. The lowest BCUT2D eigenvalue weighted by Crippen LogP contribution is -2.33. The van der Waals surface area contributed by atoms with Crippen LogP contribution in [0.15, 0.2) is 65.3 Å². The lowest BCUT2D eigenvalue weighted by molar-refractivity contribution is -0.122. The van der Waals surface area contributed by atoms with Gasteiger partial charge in [-0.3, -0.25) is 4.79 Å². The van der Waals surface area contributed by atoms with E-state index in [9.17, 15) is 9.90 Å². The minimum absolute atomic E-state index is 0.131. The highest BCUT2D eigenvalue weighted by Crippen LogP contribution is 2.18. The summed E-state index contributed by atoms with van der Waals surface area (Å²) in [6.07, 6.45) is 1.90. The maximum absolute atomic E-state index is 12.3. The number of nitrogens with one attached hydrogen (secondary N) is 1. The van der Waals surface area contributed by atoms with Crippen LogP contribution >= 0.6 is 15.9 Å². The number of halogens is 1. The molecule has 0 radical (unpaired) electrons. The van der Waals surface area contributed by atoms with Gasteiger partial charge >= 0.3 is 0 Å². The molecule has 5 heteroatoms. The van der Waals surface area contributed by atoms with Crippen molar-refractivity contribution < 1.29 is 9.90 Å². The van der Waals surface area contributed by atoms with Gasteiger partial charge in [-0.2, -0.15) is 0 Å². The maximum Gasteiger partial charge on any atom is 0.240 e. The Morgan fingerprint density at radius 3 is 2.61 bits per heavy atom. The number of hydrogen-bond donors (Lipinski definition) is 2. The van der Waals surface area contributed by atoms with E-state index in [1.165, 1.54) is 0 Å². The van der Waals surface area contributed by atoms with Crippen LogP contribution in [-0.2, 0) is 11.3 Å². The Labute approximate surface area is 142 Å². The van der Waals surface area contributed by atoms with Crippen LogP contribution < -0.4 is 5.32 Å². The van der Waals surface area contributed by atoms with Gasteiger partial charge in [0.25, 0.3) is 0 Å². The zero-order valence-corrected chi connectivity index (χ0v) is 14.0. The quantitative estimate of drug-likeness (QED) is 0.722. The summed E-state index contributed by atoms with van der Waals surface area (Å²) in [5, 5.41) is 13.5. The predicted octanol–water partition coefficient (Wildman–Crippen LogP) is 3.25. The molecule has 0 aliphatic rings. The summed E-state index contributed by atoms with van der Waals surface area (Å²) in [4.78, 5) is 12.3. The topological polar surface area (TPSA) is 54.3 Å². The number of para-hydroxylation sites is 1. The van der Waals surface area contributed by atoms with Gasteiger partial charge in [-0.15, -0.1) is 0 Å². The predicted molar refractivity (Wildman–Crippen MR) is 94.0 cm³/mol. The second kappa shape index (κ2) is 6.98. The molecule has 0 fully saturated rings. The monoisotopic (exact) mass is 372 g/mol. The minimum atomic E-state index is -0.405. The van der Waals surface area contributed by atoms with Crippen LogP contribution in [0.3, 0.4) is 0 Å². The number of amides is 1. The van der Waals surface area contributed by atoms with E-state index in [1.807, 2.05) is 65.4 Å². The molecule has 1 atom stereocenters. The van der Waals surface area contributed by atoms with Crippen molar-refractivity contribution in [3.05, 3.63) is 70.8 Å². The fourth-order valence-electron chi connectivity index (χ4n) is 2.60. The Bertz CT molecular complexity index is 811. The van der Waals surface area contributed by atoms with E-state index in [0.717, 1.165) is 20.9 Å². The van der Waals surface area contributed by atoms with Crippen LogP contribution in [0.2, 0.25) is 0 Å². The third-order valence-electron chi connectivity index (χ3n) is 3.78. The molecule has 0 aliphatic carbocycles. The second-order valence-electron chi connectivity index (χ2n) is 5.36. The van der Waals surface area contributed by atoms with Crippen LogP contribution in [0, 0.1) is 0 Å². The molecule has 1 heterocycles. The number of benzene rings is 2. The molecule has 1 aromatic heterocycles. The Morgan fingerprint density at radius 2 is 1.87 bits per heavy atom. The molecule has 0 aliphatic heterocycles. The van der Waals surface area contributed by atoms with Crippen LogP contribution in [0.25, 0.3) is 10.9 Å². The van der Waals surface area contributed by atoms with Crippen molar-refractivity contribution in [2.45, 2.75) is 12.6 Å². The standard InChI is InChI=1S/C18H17BrN2O2/c19-15-7-5-13(6-8-15)16(12-22)20-18(23)11-21-10-9-14-3-1-2-4-17(14)21/h1-10,16,22H,11-12H2,(H,20,23). The van der Waals surface area contributed by atoms with E-state index in [4.69, 9.17) is 0 Å². The van der Waals surface area contributed by atoms with Gasteiger partial charge in [-0.1, -0.05) is 46.3 Å². The first-order chi connectivity index (χ1) is 11.2. The number of aromatic nitrogens is 1. The second-order valence-corrected chi connectivity index (χ2v) is 6.27. The summed E-state index contributed by atoms with van der Waals surface area (Å²) in [6.45, 7) is 0.0837. The lowest BCUT2D eigenvalue weighted by atomic mass is 10.1. The highest BCUT2D eigenvalue weighted by Gasteiger charge is 2.14. The van der Waals surface area contributed by atoms with E-state index in [1.54, 1.807) is 0 Å². The van der Waals surface area contributed by atoms with Crippen LogP contribution in [0.1, 0.15) is 11.6 Å². The highest BCUT2D eigenvalue weighted by molar-refractivity contribution is 9.10.